The van der Waals surface area contributed by atoms with Crippen molar-refractivity contribution in [1.82, 2.24) is 10.2 Å². The SMILES string of the molecule is OCc1ccc([C@@H](C2CCCC2)N2CCNCC2)o1. The van der Waals surface area contributed by atoms with Crippen LogP contribution in [0.4, 0.5) is 0 Å². The summed E-state index contributed by atoms with van der Waals surface area (Å²) < 4.78 is 5.85. The summed E-state index contributed by atoms with van der Waals surface area (Å²) in [6.45, 7) is 4.32. The van der Waals surface area contributed by atoms with E-state index in [1.807, 2.05) is 6.07 Å². The molecule has 0 aromatic carbocycles. The first kappa shape index (κ1) is 13.2. The minimum Gasteiger partial charge on any atom is -0.462 e. The van der Waals surface area contributed by atoms with Crippen LogP contribution in [0.3, 0.4) is 0 Å². The van der Waals surface area contributed by atoms with Gasteiger partial charge in [0.1, 0.15) is 18.1 Å². The Labute approximate surface area is 114 Å². The molecule has 1 saturated carbocycles. The normalized spacial score (nSPS) is 23.8. The van der Waals surface area contributed by atoms with Crippen LogP contribution in [0.15, 0.2) is 16.5 Å². The Bertz CT molecular complexity index is 393. The van der Waals surface area contributed by atoms with Gasteiger partial charge in [0, 0.05) is 26.2 Å². The van der Waals surface area contributed by atoms with E-state index in [0.717, 1.165) is 37.9 Å². The monoisotopic (exact) mass is 264 g/mol. The summed E-state index contributed by atoms with van der Waals surface area (Å²) in [4.78, 5) is 2.56. The van der Waals surface area contributed by atoms with Crippen LogP contribution in [-0.4, -0.2) is 36.2 Å². The van der Waals surface area contributed by atoms with E-state index in [2.05, 4.69) is 16.3 Å². The predicted octanol–water partition coefficient (Wildman–Crippen LogP) is 1.91. The number of piperazine rings is 1. The lowest BCUT2D eigenvalue weighted by Gasteiger charge is -2.37. The second-order valence-electron chi connectivity index (χ2n) is 5.74. The van der Waals surface area contributed by atoms with Crippen LogP contribution in [0.1, 0.15) is 43.2 Å². The highest BCUT2D eigenvalue weighted by molar-refractivity contribution is 5.12. The molecule has 2 aliphatic rings. The zero-order chi connectivity index (χ0) is 13.1. The fourth-order valence-corrected chi connectivity index (χ4v) is 3.58. The summed E-state index contributed by atoms with van der Waals surface area (Å²) in [6.07, 6.45) is 5.31. The van der Waals surface area contributed by atoms with Gasteiger partial charge in [0.05, 0.1) is 6.04 Å². The van der Waals surface area contributed by atoms with E-state index in [1.54, 1.807) is 0 Å². The molecule has 0 amide bonds. The third-order valence-electron chi connectivity index (χ3n) is 4.52. The number of aliphatic hydroxyl groups excluding tert-OH is 1. The van der Waals surface area contributed by atoms with Gasteiger partial charge >= 0.3 is 0 Å². The summed E-state index contributed by atoms with van der Waals surface area (Å²) in [5.74, 6) is 2.46. The Hall–Kier alpha value is -0.840. The van der Waals surface area contributed by atoms with Gasteiger partial charge in [-0.15, -0.1) is 0 Å². The Balaban J connectivity index is 1.81. The molecular weight excluding hydrogens is 240 g/mol. The Morgan fingerprint density at radius 3 is 2.63 bits per heavy atom. The van der Waals surface area contributed by atoms with Crippen molar-refractivity contribution in [2.24, 2.45) is 5.92 Å². The molecule has 0 unspecified atom stereocenters. The quantitative estimate of drug-likeness (QED) is 0.872. The first-order valence-corrected chi connectivity index (χ1v) is 7.52. The lowest BCUT2D eigenvalue weighted by Crippen LogP contribution is -2.46. The summed E-state index contributed by atoms with van der Waals surface area (Å²) in [5.41, 5.74) is 0. The number of aliphatic hydroxyl groups is 1. The van der Waals surface area contributed by atoms with Gasteiger partial charge in [-0.3, -0.25) is 4.90 Å². The molecule has 2 N–H and O–H groups in total. The standard InChI is InChI=1S/C15H24N2O2/c18-11-13-5-6-14(19-13)15(12-3-1-2-4-12)17-9-7-16-8-10-17/h5-6,12,15-16,18H,1-4,7-11H2/t15-/m1/s1. The zero-order valence-electron chi connectivity index (χ0n) is 11.5. The predicted molar refractivity (Wildman–Crippen MR) is 73.8 cm³/mol. The number of rotatable bonds is 4. The van der Waals surface area contributed by atoms with E-state index >= 15 is 0 Å². The van der Waals surface area contributed by atoms with Crippen molar-refractivity contribution < 1.29 is 9.52 Å². The lowest BCUT2D eigenvalue weighted by molar-refractivity contribution is 0.104. The third-order valence-corrected chi connectivity index (χ3v) is 4.52. The van der Waals surface area contributed by atoms with E-state index in [4.69, 9.17) is 4.42 Å². The molecule has 0 bridgehead atoms. The smallest absolute Gasteiger partial charge is 0.129 e. The zero-order valence-corrected chi connectivity index (χ0v) is 11.5. The van der Waals surface area contributed by atoms with Gasteiger partial charge in [0.15, 0.2) is 0 Å². The molecule has 1 saturated heterocycles. The Morgan fingerprint density at radius 2 is 2.00 bits per heavy atom. The van der Waals surface area contributed by atoms with Gasteiger partial charge in [0.25, 0.3) is 0 Å². The van der Waals surface area contributed by atoms with Crippen molar-refractivity contribution in [1.29, 1.82) is 0 Å². The van der Waals surface area contributed by atoms with Crippen molar-refractivity contribution in [2.45, 2.75) is 38.3 Å². The fourth-order valence-electron chi connectivity index (χ4n) is 3.58. The molecule has 0 spiro atoms. The summed E-state index contributed by atoms with van der Waals surface area (Å²) in [7, 11) is 0. The van der Waals surface area contributed by atoms with Gasteiger partial charge in [-0.1, -0.05) is 12.8 Å². The van der Waals surface area contributed by atoms with Crippen molar-refractivity contribution >= 4 is 0 Å². The first-order valence-electron chi connectivity index (χ1n) is 7.52. The highest BCUT2D eigenvalue weighted by Gasteiger charge is 2.33. The molecule has 2 heterocycles. The van der Waals surface area contributed by atoms with Crippen LogP contribution in [0.25, 0.3) is 0 Å². The van der Waals surface area contributed by atoms with Crippen LogP contribution in [0.2, 0.25) is 0 Å². The van der Waals surface area contributed by atoms with Gasteiger partial charge < -0.3 is 14.8 Å². The maximum atomic E-state index is 9.19. The molecule has 19 heavy (non-hydrogen) atoms. The fraction of sp³-hybridized carbons (Fsp3) is 0.733. The molecule has 0 radical (unpaired) electrons. The average Bonchev–Trinajstić information content (AvgIpc) is 3.12. The molecule has 1 atom stereocenters. The topological polar surface area (TPSA) is 48.6 Å². The Kier molecular flexibility index (Phi) is 4.21. The highest BCUT2D eigenvalue weighted by atomic mass is 16.4. The van der Waals surface area contributed by atoms with E-state index in [9.17, 15) is 5.11 Å². The Morgan fingerprint density at radius 1 is 1.26 bits per heavy atom. The van der Waals surface area contributed by atoms with Crippen LogP contribution < -0.4 is 5.32 Å². The number of nitrogens with one attached hydrogen (secondary N) is 1. The molecule has 1 aliphatic heterocycles. The lowest BCUT2D eigenvalue weighted by atomic mass is 9.94. The van der Waals surface area contributed by atoms with Crippen molar-refractivity contribution in [3.63, 3.8) is 0 Å². The number of hydrogen-bond donors (Lipinski definition) is 2. The van der Waals surface area contributed by atoms with Crippen LogP contribution >= 0.6 is 0 Å². The van der Waals surface area contributed by atoms with Crippen molar-refractivity contribution in [3.8, 4) is 0 Å². The summed E-state index contributed by atoms with van der Waals surface area (Å²) >= 11 is 0. The first-order chi connectivity index (χ1) is 9.38. The second kappa shape index (κ2) is 6.07. The molecule has 3 rings (SSSR count). The average molecular weight is 264 g/mol. The molecule has 1 aromatic heterocycles. The van der Waals surface area contributed by atoms with Gasteiger partial charge in [0.2, 0.25) is 0 Å². The van der Waals surface area contributed by atoms with E-state index < -0.39 is 0 Å². The summed E-state index contributed by atoms with van der Waals surface area (Å²) in [6, 6.07) is 4.39. The molecular formula is C15H24N2O2. The van der Waals surface area contributed by atoms with Gasteiger partial charge in [-0.2, -0.15) is 0 Å². The molecule has 1 aromatic rings. The van der Waals surface area contributed by atoms with E-state index in [1.165, 1.54) is 25.7 Å². The number of furan rings is 1. The molecule has 4 heteroatoms. The van der Waals surface area contributed by atoms with Crippen LogP contribution in [-0.2, 0) is 6.61 Å². The van der Waals surface area contributed by atoms with Crippen LogP contribution in [0, 0.1) is 5.92 Å². The largest absolute Gasteiger partial charge is 0.462 e. The number of hydrogen-bond acceptors (Lipinski definition) is 4. The minimum atomic E-state index is -0.00105. The maximum Gasteiger partial charge on any atom is 0.129 e. The molecule has 106 valence electrons. The second-order valence-corrected chi connectivity index (χ2v) is 5.74. The van der Waals surface area contributed by atoms with Crippen LogP contribution in [0.5, 0.6) is 0 Å². The molecule has 1 aliphatic carbocycles. The van der Waals surface area contributed by atoms with Crippen molar-refractivity contribution in [2.75, 3.05) is 26.2 Å². The highest BCUT2D eigenvalue weighted by Crippen LogP contribution is 2.40. The molecule has 4 nitrogen and oxygen atoms in total. The molecule has 2 fully saturated rings. The van der Waals surface area contributed by atoms with E-state index in [0.29, 0.717) is 11.8 Å². The van der Waals surface area contributed by atoms with Crippen molar-refractivity contribution in [3.05, 3.63) is 23.7 Å². The van der Waals surface area contributed by atoms with E-state index in [-0.39, 0.29) is 6.61 Å². The minimum absolute atomic E-state index is 0.00105. The summed E-state index contributed by atoms with van der Waals surface area (Å²) in [5, 5.41) is 12.6. The third kappa shape index (κ3) is 2.86. The maximum absolute atomic E-state index is 9.19. The number of nitrogens with zero attached hydrogens (tertiary/aromatic N) is 1. The van der Waals surface area contributed by atoms with Gasteiger partial charge in [-0.25, -0.2) is 0 Å². The van der Waals surface area contributed by atoms with Gasteiger partial charge in [-0.05, 0) is 30.9 Å².